The first-order valence-corrected chi connectivity index (χ1v) is 6.40. The normalized spacial score (nSPS) is 9.32. The molecule has 0 radical (unpaired) electrons. The van der Waals surface area contributed by atoms with Gasteiger partial charge in [-0.3, -0.25) is 9.59 Å². The van der Waals surface area contributed by atoms with E-state index in [-0.39, 0.29) is 17.2 Å². The van der Waals surface area contributed by atoms with E-state index in [1.165, 1.54) is 24.3 Å². The van der Waals surface area contributed by atoms with Crippen molar-refractivity contribution in [1.82, 2.24) is 0 Å². The molecule has 0 bridgehead atoms. The van der Waals surface area contributed by atoms with E-state index in [0.29, 0.717) is 36.1 Å². The number of carbonyl (C=O) groups is 2. The standard InChI is InChI=1S/C9H10O3.C7H6O3/c1-2-12-9-4-3-7(6-10)5-8(9)11;8-4-5-1-2-6(9)7(10)3-5/h3-6,11H,2H2,1H3;1-4,9-10H. The van der Waals surface area contributed by atoms with Crippen LogP contribution in [0.2, 0.25) is 0 Å². The first kappa shape index (κ1) is 17.0. The molecule has 22 heavy (non-hydrogen) atoms. The molecule has 0 atom stereocenters. The van der Waals surface area contributed by atoms with Gasteiger partial charge < -0.3 is 20.1 Å². The fourth-order valence-corrected chi connectivity index (χ4v) is 1.50. The molecule has 0 spiro atoms. The van der Waals surface area contributed by atoms with E-state index < -0.39 is 0 Å². The zero-order valence-electron chi connectivity index (χ0n) is 11.9. The lowest BCUT2D eigenvalue weighted by molar-refractivity contribution is 0.111. The van der Waals surface area contributed by atoms with Gasteiger partial charge in [0.15, 0.2) is 23.0 Å². The van der Waals surface area contributed by atoms with Crippen LogP contribution >= 0.6 is 0 Å². The van der Waals surface area contributed by atoms with Crippen LogP contribution in [0, 0.1) is 0 Å². The van der Waals surface area contributed by atoms with Gasteiger partial charge >= 0.3 is 0 Å². The van der Waals surface area contributed by atoms with E-state index in [1.54, 1.807) is 12.1 Å². The average Bonchev–Trinajstić information content (AvgIpc) is 2.53. The van der Waals surface area contributed by atoms with Crippen LogP contribution in [0.1, 0.15) is 27.6 Å². The van der Waals surface area contributed by atoms with E-state index >= 15 is 0 Å². The van der Waals surface area contributed by atoms with Crippen LogP contribution in [0.15, 0.2) is 36.4 Å². The molecular formula is C16H16O6. The summed E-state index contributed by atoms with van der Waals surface area (Å²) in [5, 5.41) is 26.9. The van der Waals surface area contributed by atoms with Crippen molar-refractivity contribution in [3.05, 3.63) is 47.5 Å². The highest BCUT2D eigenvalue weighted by atomic mass is 16.5. The molecule has 2 rings (SSSR count). The van der Waals surface area contributed by atoms with Crippen molar-refractivity contribution >= 4 is 12.6 Å². The molecular weight excluding hydrogens is 288 g/mol. The van der Waals surface area contributed by atoms with Gasteiger partial charge in [0.05, 0.1) is 6.61 Å². The minimum atomic E-state index is -0.274. The largest absolute Gasteiger partial charge is 0.504 e. The Bertz CT molecular complexity index is 651. The number of phenolic OH excluding ortho intramolecular Hbond substituents is 3. The number of ether oxygens (including phenoxy) is 1. The molecule has 0 saturated carbocycles. The summed E-state index contributed by atoms with van der Waals surface area (Å²) in [6.45, 7) is 2.32. The molecule has 6 heteroatoms. The van der Waals surface area contributed by atoms with Crippen LogP contribution in [0.25, 0.3) is 0 Å². The second-order valence-corrected chi connectivity index (χ2v) is 4.14. The van der Waals surface area contributed by atoms with Gasteiger partial charge in [-0.15, -0.1) is 0 Å². The molecule has 0 fully saturated rings. The molecule has 116 valence electrons. The van der Waals surface area contributed by atoms with Crippen molar-refractivity contribution in [2.45, 2.75) is 6.92 Å². The van der Waals surface area contributed by atoms with Gasteiger partial charge in [0.1, 0.15) is 12.6 Å². The number of aldehydes is 2. The summed E-state index contributed by atoms with van der Waals surface area (Å²) in [7, 11) is 0. The predicted molar refractivity (Wildman–Crippen MR) is 79.8 cm³/mol. The molecule has 6 nitrogen and oxygen atoms in total. The van der Waals surface area contributed by atoms with Gasteiger partial charge in [0.2, 0.25) is 0 Å². The molecule has 2 aromatic rings. The third-order valence-electron chi connectivity index (χ3n) is 2.55. The van der Waals surface area contributed by atoms with Gasteiger partial charge in [0.25, 0.3) is 0 Å². The van der Waals surface area contributed by atoms with Gasteiger partial charge in [0, 0.05) is 11.1 Å². The SMILES string of the molecule is CCOc1ccc(C=O)cc1O.O=Cc1ccc(O)c(O)c1. The minimum absolute atomic E-state index is 0.00134. The smallest absolute Gasteiger partial charge is 0.160 e. The quantitative estimate of drug-likeness (QED) is 0.592. The summed E-state index contributed by atoms with van der Waals surface area (Å²) in [4.78, 5) is 20.4. The van der Waals surface area contributed by atoms with Crippen molar-refractivity contribution in [3.8, 4) is 23.0 Å². The summed E-state index contributed by atoms with van der Waals surface area (Å²) >= 11 is 0. The number of hydrogen-bond donors (Lipinski definition) is 3. The molecule has 0 heterocycles. The highest BCUT2D eigenvalue weighted by molar-refractivity contribution is 5.76. The van der Waals surface area contributed by atoms with Crippen LogP contribution in [0.4, 0.5) is 0 Å². The summed E-state index contributed by atoms with van der Waals surface area (Å²) in [6, 6.07) is 8.42. The second kappa shape index (κ2) is 8.31. The van der Waals surface area contributed by atoms with Gasteiger partial charge in [-0.2, -0.15) is 0 Å². The molecule has 0 aromatic heterocycles. The van der Waals surface area contributed by atoms with E-state index in [1.807, 2.05) is 6.92 Å². The summed E-state index contributed by atoms with van der Waals surface area (Å²) in [6.07, 6.45) is 1.27. The number of carbonyl (C=O) groups excluding carboxylic acids is 2. The molecule has 0 aliphatic carbocycles. The number of aromatic hydroxyl groups is 3. The zero-order valence-corrected chi connectivity index (χ0v) is 11.9. The number of phenols is 3. The van der Waals surface area contributed by atoms with Crippen molar-refractivity contribution in [2.24, 2.45) is 0 Å². The monoisotopic (exact) mass is 304 g/mol. The maximum Gasteiger partial charge on any atom is 0.160 e. The Morgan fingerprint density at radius 2 is 1.41 bits per heavy atom. The minimum Gasteiger partial charge on any atom is -0.504 e. The summed E-state index contributed by atoms with van der Waals surface area (Å²) in [5.74, 6) is -0.0836. The fourth-order valence-electron chi connectivity index (χ4n) is 1.50. The second-order valence-electron chi connectivity index (χ2n) is 4.14. The van der Waals surface area contributed by atoms with Gasteiger partial charge in [-0.05, 0) is 43.3 Å². The average molecular weight is 304 g/mol. The maximum atomic E-state index is 10.3. The van der Waals surface area contributed by atoms with Gasteiger partial charge in [-0.1, -0.05) is 0 Å². The topological polar surface area (TPSA) is 104 Å². The molecule has 0 aliphatic heterocycles. The highest BCUT2D eigenvalue weighted by Crippen LogP contribution is 2.26. The fraction of sp³-hybridized carbons (Fsp3) is 0.125. The van der Waals surface area contributed by atoms with Crippen molar-refractivity contribution in [2.75, 3.05) is 6.61 Å². The predicted octanol–water partition coefficient (Wildman–Crippen LogP) is 2.51. The molecule has 0 aliphatic rings. The van der Waals surface area contributed by atoms with Crippen molar-refractivity contribution in [1.29, 1.82) is 0 Å². The summed E-state index contributed by atoms with van der Waals surface area (Å²) < 4.78 is 5.07. The Morgan fingerprint density at radius 3 is 1.86 bits per heavy atom. The van der Waals surface area contributed by atoms with Crippen LogP contribution in [0.5, 0.6) is 23.0 Å². The zero-order chi connectivity index (χ0) is 16.5. The molecule has 3 N–H and O–H groups in total. The molecule has 2 aromatic carbocycles. The van der Waals surface area contributed by atoms with E-state index in [2.05, 4.69) is 0 Å². The van der Waals surface area contributed by atoms with Crippen LogP contribution < -0.4 is 4.74 Å². The summed E-state index contributed by atoms with van der Waals surface area (Å²) in [5.41, 5.74) is 0.784. The third kappa shape index (κ3) is 4.82. The number of hydrogen-bond acceptors (Lipinski definition) is 6. The Hall–Kier alpha value is -3.02. The van der Waals surface area contributed by atoms with Crippen LogP contribution in [-0.4, -0.2) is 34.5 Å². The lowest BCUT2D eigenvalue weighted by Crippen LogP contribution is -1.92. The third-order valence-corrected chi connectivity index (χ3v) is 2.55. The van der Waals surface area contributed by atoms with E-state index in [9.17, 15) is 14.7 Å². The molecule has 0 amide bonds. The first-order valence-electron chi connectivity index (χ1n) is 6.40. The van der Waals surface area contributed by atoms with Gasteiger partial charge in [-0.25, -0.2) is 0 Å². The maximum absolute atomic E-state index is 10.3. The van der Waals surface area contributed by atoms with Crippen LogP contribution in [0.3, 0.4) is 0 Å². The lowest BCUT2D eigenvalue weighted by Gasteiger charge is -2.04. The Labute approximate surface area is 127 Å². The number of benzene rings is 2. The highest BCUT2D eigenvalue weighted by Gasteiger charge is 2.01. The first-order chi connectivity index (χ1) is 10.5. The van der Waals surface area contributed by atoms with E-state index in [0.717, 1.165) is 0 Å². The van der Waals surface area contributed by atoms with Crippen molar-refractivity contribution < 1.29 is 29.6 Å². The Morgan fingerprint density at radius 1 is 0.864 bits per heavy atom. The molecule has 0 saturated heterocycles. The van der Waals surface area contributed by atoms with Crippen molar-refractivity contribution in [3.63, 3.8) is 0 Å². The number of rotatable bonds is 4. The Kier molecular flexibility index (Phi) is 6.43. The molecule has 0 unspecified atom stereocenters. The lowest BCUT2D eigenvalue weighted by atomic mass is 10.2. The Balaban J connectivity index is 0.000000224. The van der Waals surface area contributed by atoms with E-state index in [4.69, 9.17) is 14.9 Å². The van der Waals surface area contributed by atoms with Crippen LogP contribution in [-0.2, 0) is 0 Å².